The summed E-state index contributed by atoms with van der Waals surface area (Å²) in [6.07, 6.45) is 4.50. The van der Waals surface area contributed by atoms with Crippen LogP contribution < -0.4 is 10.1 Å². The van der Waals surface area contributed by atoms with E-state index >= 15 is 0 Å². The van der Waals surface area contributed by atoms with Crippen molar-refractivity contribution in [3.05, 3.63) is 29.8 Å². The van der Waals surface area contributed by atoms with E-state index in [-0.39, 0.29) is 12.5 Å². The molecule has 16 heavy (non-hydrogen) atoms. The van der Waals surface area contributed by atoms with Gasteiger partial charge < -0.3 is 10.1 Å². The Balaban J connectivity index is 2.54. The van der Waals surface area contributed by atoms with Crippen molar-refractivity contribution in [3.63, 3.8) is 0 Å². The van der Waals surface area contributed by atoms with Gasteiger partial charge in [-0.1, -0.05) is 18.1 Å². The van der Waals surface area contributed by atoms with E-state index in [1.54, 1.807) is 6.92 Å². The van der Waals surface area contributed by atoms with E-state index in [9.17, 15) is 4.79 Å². The lowest BCUT2D eigenvalue weighted by Crippen LogP contribution is -2.36. The zero-order valence-corrected chi connectivity index (χ0v) is 9.49. The van der Waals surface area contributed by atoms with Crippen LogP contribution in [-0.4, -0.2) is 18.6 Å². The van der Waals surface area contributed by atoms with Crippen molar-refractivity contribution in [1.82, 2.24) is 5.32 Å². The molecule has 0 spiro atoms. The van der Waals surface area contributed by atoms with E-state index in [2.05, 4.69) is 11.2 Å². The van der Waals surface area contributed by atoms with Crippen molar-refractivity contribution in [3.8, 4) is 18.1 Å². The Hall–Kier alpha value is -1.95. The first-order chi connectivity index (χ1) is 7.63. The van der Waals surface area contributed by atoms with Gasteiger partial charge in [0, 0.05) is 0 Å². The summed E-state index contributed by atoms with van der Waals surface area (Å²) < 4.78 is 5.47. The van der Waals surface area contributed by atoms with Gasteiger partial charge in [0.15, 0.2) is 6.10 Å². The van der Waals surface area contributed by atoms with E-state index < -0.39 is 6.10 Å². The molecule has 84 valence electrons. The summed E-state index contributed by atoms with van der Waals surface area (Å²) in [6, 6.07) is 7.55. The van der Waals surface area contributed by atoms with Crippen LogP contribution in [-0.2, 0) is 4.79 Å². The molecule has 1 N–H and O–H groups in total. The molecule has 1 rings (SSSR count). The maximum absolute atomic E-state index is 11.5. The van der Waals surface area contributed by atoms with Gasteiger partial charge in [0.1, 0.15) is 5.75 Å². The van der Waals surface area contributed by atoms with Crippen LogP contribution in [0.25, 0.3) is 0 Å². The van der Waals surface area contributed by atoms with Crippen LogP contribution in [0.2, 0.25) is 0 Å². The molecule has 1 amide bonds. The summed E-state index contributed by atoms with van der Waals surface area (Å²) in [7, 11) is 0. The van der Waals surface area contributed by atoms with Crippen molar-refractivity contribution in [2.75, 3.05) is 6.54 Å². The number of hydrogen-bond donors (Lipinski definition) is 1. The zero-order valence-electron chi connectivity index (χ0n) is 9.49. The van der Waals surface area contributed by atoms with Gasteiger partial charge in [-0.25, -0.2) is 0 Å². The molecule has 0 aromatic heterocycles. The molecular formula is C13H15NO2. The van der Waals surface area contributed by atoms with Gasteiger partial charge in [-0.2, -0.15) is 0 Å². The fraction of sp³-hybridized carbons (Fsp3) is 0.308. The van der Waals surface area contributed by atoms with E-state index in [1.165, 1.54) is 0 Å². The van der Waals surface area contributed by atoms with Crippen LogP contribution in [0.1, 0.15) is 12.5 Å². The fourth-order valence-corrected chi connectivity index (χ4v) is 1.23. The normalized spacial score (nSPS) is 11.3. The minimum absolute atomic E-state index is 0.209. The summed E-state index contributed by atoms with van der Waals surface area (Å²) in [4.78, 5) is 11.5. The Morgan fingerprint density at radius 2 is 2.38 bits per heavy atom. The molecule has 0 heterocycles. The van der Waals surface area contributed by atoms with Gasteiger partial charge in [-0.15, -0.1) is 6.42 Å². The van der Waals surface area contributed by atoms with Gasteiger partial charge in [-0.05, 0) is 31.5 Å². The Bertz CT molecular complexity index is 407. The van der Waals surface area contributed by atoms with Crippen LogP contribution in [0.5, 0.6) is 5.75 Å². The van der Waals surface area contributed by atoms with Crippen molar-refractivity contribution >= 4 is 5.91 Å². The highest BCUT2D eigenvalue weighted by atomic mass is 16.5. The Kier molecular flexibility index (Phi) is 4.41. The van der Waals surface area contributed by atoms with Gasteiger partial charge >= 0.3 is 0 Å². The van der Waals surface area contributed by atoms with Gasteiger partial charge in [0.05, 0.1) is 6.54 Å². The average molecular weight is 217 g/mol. The first kappa shape index (κ1) is 12.1. The maximum atomic E-state index is 11.5. The number of aryl methyl sites for hydroxylation is 1. The first-order valence-corrected chi connectivity index (χ1v) is 5.08. The first-order valence-electron chi connectivity index (χ1n) is 5.08. The second-order valence-electron chi connectivity index (χ2n) is 3.50. The summed E-state index contributed by atoms with van der Waals surface area (Å²) in [6.45, 7) is 3.88. The van der Waals surface area contributed by atoms with Crippen LogP contribution in [0, 0.1) is 19.3 Å². The smallest absolute Gasteiger partial charge is 0.261 e. The molecule has 0 aliphatic carbocycles. The second kappa shape index (κ2) is 5.82. The van der Waals surface area contributed by atoms with E-state index in [0.29, 0.717) is 5.75 Å². The quantitative estimate of drug-likeness (QED) is 0.776. The molecule has 1 aromatic carbocycles. The molecule has 1 aromatic rings. The topological polar surface area (TPSA) is 38.3 Å². The zero-order chi connectivity index (χ0) is 12.0. The maximum Gasteiger partial charge on any atom is 0.261 e. The predicted octanol–water partition coefficient (Wildman–Crippen LogP) is 1.51. The number of ether oxygens (including phenoxy) is 1. The van der Waals surface area contributed by atoms with Crippen LogP contribution >= 0.6 is 0 Å². The molecule has 0 bridgehead atoms. The summed E-state index contributed by atoms with van der Waals surface area (Å²) in [5.74, 6) is 2.81. The molecule has 0 saturated heterocycles. The van der Waals surface area contributed by atoms with Crippen molar-refractivity contribution in [2.24, 2.45) is 0 Å². The summed E-state index contributed by atoms with van der Waals surface area (Å²) >= 11 is 0. The highest BCUT2D eigenvalue weighted by Crippen LogP contribution is 2.13. The number of hydrogen-bond acceptors (Lipinski definition) is 2. The minimum Gasteiger partial charge on any atom is -0.481 e. The minimum atomic E-state index is -0.546. The lowest BCUT2D eigenvalue weighted by atomic mass is 10.2. The highest BCUT2D eigenvalue weighted by molar-refractivity contribution is 5.80. The third kappa shape index (κ3) is 3.66. The van der Waals surface area contributed by atoms with Crippen molar-refractivity contribution < 1.29 is 9.53 Å². The molecule has 3 heteroatoms. The van der Waals surface area contributed by atoms with Crippen LogP contribution in [0.3, 0.4) is 0 Å². The van der Waals surface area contributed by atoms with E-state index in [4.69, 9.17) is 11.2 Å². The van der Waals surface area contributed by atoms with E-state index in [1.807, 2.05) is 31.2 Å². The number of carbonyl (C=O) groups is 1. The molecule has 0 aliphatic rings. The molecule has 0 radical (unpaired) electrons. The van der Waals surface area contributed by atoms with E-state index in [0.717, 1.165) is 5.56 Å². The van der Waals surface area contributed by atoms with Crippen LogP contribution in [0.15, 0.2) is 24.3 Å². The molecule has 3 nitrogen and oxygen atoms in total. The Labute approximate surface area is 95.8 Å². The Morgan fingerprint density at radius 3 is 3.00 bits per heavy atom. The molecule has 0 saturated carbocycles. The second-order valence-corrected chi connectivity index (χ2v) is 3.50. The summed E-state index contributed by atoms with van der Waals surface area (Å²) in [5.41, 5.74) is 1.09. The standard InChI is InChI=1S/C13H15NO2/c1-4-8-14-13(15)11(3)16-12-7-5-6-10(2)9-12/h1,5-7,9,11H,8H2,2-3H3,(H,14,15)/t11-/m0/s1. The van der Waals surface area contributed by atoms with Gasteiger partial charge in [0.2, 0.25) is 0 Å². The third-order valence-electron chi connectivity index (χ3n) is 2.04. The highest BCUT2D eigenvalue weighted by Gasteiger charge is 2.13. The monoisotopic (exact) mass is 217 g/mol. The lowest BCUT2D eigenvalue weighted by Gasteiger charge is -2.13. The van der Waals surface area contributed by atoms with Crippen LogP contribution in [0.4, 0.5) is 0 Å². The number of nitrogens with one attached hydrogen (secondary N) is 1. The SMILES string of the molecule is C#CCNC(=O)[C@H](C)Oc1cccc(C)c1. The molecule has 0 fully saturated rings. The van der Waals surface area contributed by atoms with Crippen molar-refractivity contribution in [1.29, 1.82) is 0 Å². The number of amides is 1. The van der Waals surface area contributed by atoms with Gasteiger partial charge in [0.25, 0.3) is 5.91 Å². The van der Waals surface area contributed by atoms with Crippen molar-refractivity contribution in [2.45, 2.75) is 20.0 Å². The number of carbonyl (C=O) groups excluding carboxylic acids is 1. The molecule has 1 atom stereocenters. The Morgan fingerprint density at radius 1 is 1.62 bits per heavy atom. The summed E-state index contributed by atoms with van der Waals surface area (Å²) in [5, 5.41) is 2.57. The fourth-order valence-electron chi connectivity index (χ4n) is 1.23. The molecule has 0 aliphatic heterocycles. The lowest BCUT2D eigenvalue weighted by molar-refractivity contribution is -0.126. The molecular weight excluding hydrogens is 202 g/mol. The number of rotatable bonds is 4. The number of benzene rings is 1. The number of terminal acetylenes is 1. The molecule has 0 unspecified atom stereocenters. The van der Waals surface area contributed by atoms with Gasteiger partial charge in [-0.3, -0.25) is 4.79 Å². The third-order valence-corrected chi connectivity index (χ3v) is 2.04. The predicted molar refractivity (Wildman–Crippen MR) is 63.1 cm³/mol. The largest absolute Gasteiger partial charge is 0.481 e. The average Bonchev–Trinajstić information content (AvgIpc) is 2.25.